The monoisotopic (exact) mass is 183 g/mol. The van der Waals surface area contributed by atoms with Crippen molar-refractivity contribution in [1.82, 2.24) is 4.90 Å². The van der Waals surface area contributed by atoms with Crippen LogP contribution in [-0.4, -0.2) is 36.5 Å². The van der Waals surface area contributed by atoms with Crippen LogP contribution in [0.3, 0.4) is 0 Å². The summed E-state index contributed by atoms with van der Waals surface area (Å²) in [6.45, 7) is 3.16. The Morgan fingerprint density at radius 3 is 2.08 bits per heavy atom. The van der Waals surface area contributed by atoms with Gasteiger partial charge in [-0.05, 0) is 20.9 Å². The Morgan fingerprint density at radius 2 is 1.92 bits per heavy atom. The van der Waals surface area contributed by atoms with Gasteiger partial charge in [0.2, 0.25) is 0 Å². The first kappa shape index (κ1) is 9.80. The molecule has 0 saturated carbocycles. The maximum absolute atomic E-state index is 12.1. The van der Waals surface area contributed by atoms with E-state index in [0.717, 1.165) is 0 Å². The lowest BCUT2D eigenvalue weighted by Crippen LogP contribution is -2.35. The van der Waals surface area contributed by atoms with Crippen LogP contribution in [0, 0.1) is 0 Å². The average Bonchev–Trinajstić information content (AvgIpc) is 2.06. The van der Waals surface area contributed by atoms with Gasteiger partial charge in [0.1, 0.15) is 5.72 Å². The minimum atomic E-state index is -4.25. The van der Waals surface area contributed by atoms with E-state index < -0.39 is 18.0 Å². The van der Waals surface area contributed by atoms with E-state index in [1.807, 2.05) is 0 Å². The quantitative estimate of drug-likeness (QED) is 0.565. The molecule has 0 bridgehead atoms. The first-order valence-corrected chi connectivity index (χ1v) is 3.69. The number of halogens is 3. The summed E-state index contributed by atoms with van der Waals surface area (Å²) >= 11 is 0. The molecule has 72 valence electrons. The molecule has 1 aliphatic rings. The van der Waals surface area contributed by atoms with E-state index in [-0.39, 0.29) is 6.54 Å². The number of ether oxygens (including phenoxy) is 1. The Hall–Kier alpha value is -0.290. The second-order valence-electron chi connectivity index (χ2n) is 3.48. The first-order chi connectivity index (χ1) is 5.23. The first-order valence-electron chi connectivity index (χ1n) is 3.69. The summed E-state index contributed by atoms with van der Waals surface area (Å²) in [4.78, 5) is 1.55. The molecular formula is C7H12F3NO. The Labute approximate surface area is 69.3 Å². The molecule has 12 heavy (non-hydrogen) atoms. The summed E-state index contributed by atoms with van der Waals surface area (Å²) in [6, 6.07) is 0. The van der Waals surface area contributed by atoms with E-state index in [1.165, 1.54) is 0 Å². The van der Waals surface area contributed by atoms with Crippen molar-refractivity contribution in [2.24, 2.45) is 0 Å². The zero-order valence-electron chi connectivity index (χ0n) is 7.27. The zero-order chi connectivity index (χ0) is 9.57. The second-order valence-corrected chi connectivity index (χ2v) is 3.48. The molecular weight excluding hydrogens is 171 g/mol. The van der Waals surface area contributed by atoms with E-state index in [4.69, 9.17) is 4.74 Å². The van der Waals surface area contributed by atoms with Gasteiger partial charge in [-0.15, -0.1) is 0 Å². The lowest BCUT2D eigenvalue weighted by Gasteiger charge is -2.25. The average molecular weight is 183 g/mol. The van der Waals surface area contributed by atoms with E-state index in [0.29, 0.717) is 0 Å². The van der Waals surface area contributed by atoms with Crippen molar-refractivity contribution in [3.05, 3.63) is 0 Å². The van der Waals surface area contributed by atoms with Gasteiger partial charge in [-0.2, -0.15) is 13.2 Å². The largest absolute Gasteiger partial charge is 0.415 e. The summed E-state index contributed by atoms with van der Waals surface area (Å²) < 4.78 is 41.2. The third-order valence-corrected chi connectivity index (χ3v) is 2.15. The highest BCUT2D eigenvalue weighted by molar-refractivity contribution is 4.85. The van der Waals surface area contributed by atoms with Crippen molar-refractivity contribution in [2.75, 3.05) is 13.6 Å². The molecule has 0 aromatic carbocycles. The number of rotatable bonds is 0. The molecule has 1 atom stereocenters. The van der Waals surface area contributed by atoms with E-state index >= 15 is 0 Å². The third-order valence-electron chi connectivity index (χ3n) is 2.15. The molecule has 0 aromatic heterocycles. The Bertz CT molecular complexity index is 178. The van der Waals surface area contributed by atoms with Crippen LogP contribution in [0.4, 0.5) is 13.2 Å². The smallest absolute Gasteiger partial charge is 0.347 e. The lowest BCUT2D eigenvalue weighted by molar-refractivity contribution is -0.225. The van der Waals surface area contributed by atoms with Crippen LogP contribution in [0.2, 0.25) is 0 Å². The fourth-order valence-corrected chi connectivity index (χ4v) is 1.11. The zero-order valence-corrected chi connectivity index (χ0v) is 7.27. The summed E-state index contributed by atoms with van der Waals surface area (Å²) in [5, 5.41) is 0. The van der Waals surface area contributed by atoms with Gasteiger partial charge < -0.3 is 4.74 Å². The molecule has 1 aliphatic heterocycles. The van der Waals surface area contributed by atoms with Crippen LogP contribution in [0.25, 0.3) is 0 Å². The second kappa shape index (κ2) is 2.60. The van der Waals surface area contributed by atoms with Gasteiger partial charge in [-0.25, -0.2) is 0 Å². The molecule has 0 aromatic rings. The van der Waals surface area contributed by atoms with Crippen molar-refractivity contribution in [1.29, 1.82) is 0 Å². The number of alkyl halides is 3. The van der Waals surface area contributed by atoms with Crippen molar-refractivity contribution in [2.45, 2.75) is 31.9 Å². The maximum atomic E-state index is 12.1. The molecule has 1 rings (SSSR count). The molecule has 1 saturated heterocycles. The SMILES string of the molecule is CN1C[C@H](C(F)(F)F)OC1(C)C. The van der Waals surface area contributed by atoms with Gasteiger partial charge in [0.25, 0.3) is 0 Å². The summed E-state index contributed by atoms with van der Waals surface area (Å²) in [5.74, 6) is 0. The Morgan fingerprint density at radius 1 is 1.42 bits per heavy atom. The molecule has 0 spiro atoms. The number of hydrogen-bond acceptors (Lipinski definition) is 2. The van der Waals surface area contributed by atoms with Gasteiger partial charge in [-0.3, -0.25) is 4.90 Å². The van der Waals surface area contributed by atoms with Gasteiger partial charge >= 0.3 is 6.18 Å². The van der Waals surface area contributed by atoms with Gasteiger partial charge in [-0.1, -0.05) is 0 Å². The summed E-state index contributed by atoms with van der Waals surface area (Å²) in [6.07, 6.45) is -5.89. The molecule has 2 nitrogen and oxygen atoms in total. The fraction of sp³-hybridized carbons (Fsp3) is 1.00. The highest BCUT2D eigenvalue weighted by atomic mass is 19.4. The molecule has 1 fully saturated rings. The van der Waals surface area contributed by atoms with Gasteiger partial charge in [0.15, 0.2) is 6.10 Å². The molecule has 1 heterocycles. The Balaban J connectivity index is 2.67. The van der Waals surface area contributed by atoms with E-state index in [2.05, 4.69) is 0 Å². The van der Waals surface area contributed by atoms with Crippen molar-refractivity contribution < 1.29 is 17.9 Å². The van der Waals surface area contributed by atoms with Crippen molar-refractivity contribution >= 4 is 0 Å². The predicted molar refractivity (Wildman–Crippen MR) is 37.6 cm³/mol. The normalized spacial score (nSPS) is 31.0. The lowest BCUT2D eigenvalue weighted by atomic mass is 10.3. The van der Waals surface area contributed by atoms with Crippen LogP contribution < -0.4 is 0 Å². The highest BCUT2D eigenvalue weighted by Gasteiger charge is 2.50. The minimum Gasteiger partial charge on any atom is -0.347 e. The topological polar surface area (TPSA) is 12.5 Å². The van der Waals surface area contributed by atoms with Gasteiger partial charge in [0, 0.05) is 6.54 Å². The number of nitrogens with zero attached hydrogens (tertiary/aromatic N) is 1. The molecule has 0 N–H and O–H groups in total. The number of hydrogen-bond donors (Lipinski definition) is 0. The molecule has 0 radical (unpaired) electrons. The van der Waals surface area contributed by atoms with E-state index in [9.17, 15) is 13.2 Å². The molecule has 5 heteroatoms. The molecule has 0 amide bonds. The summed E-state index contributed by atoms with van der Waals surface area (Å²) in [5.41, 5.74) is -0.805. The standard InChI is InChI=1S/C7H12F3NO/c1-6(2)11(3)4-5(12-6)7(8,9)10/h5H,4H2,1-3H3/t5-/m1/s1. The summed E-state index contributed by atoms with van der Waals surface area (Å²) in [7, 11) is 1.62. The van der Waals surface area contributed by atoms with Crippen molar-refractivity contribution in [3.8, 4) is 0 Å². The van der Waals surface area contributed by atoms with Crippen molar-refractivity contribution in [3.63, 3.8) is 0 Å². The third kappa shape index (κ3) is 1.72. The number of likely N-dealkylation sites (N-methyl/N-ethyl adjacent to an activating group) is 1. The van der Waals surface area contributed by atoms with Gasteiger partial charge in [0.05, 0.1) is 0 Å². The molecule has 0 aliphatic carbocycles. The van der Waals surface area contributed by atoms with Crippen LogP contribution in [0.5, 0.6) is 0 Å². The maximum Gasteiger partial charge on any atom is 0.415 e. The fourth-order valence-electron chi connectivity index (χ4n) is 1.11. The Kier molecular flexibility index (Phi) is 2.12. The predicted octanol–water partition coefficient (Wildman–Crippen LogP) is 1.62. The van der Waals surface area contributed by atoms with E-state index in [1.54, 1.807) is 25.8 Å². The van der Waals surface area contributed by atoms with Crippen LogP contribution in [0.15, 0.2) is 0 Å². The van der Waals surface area contributed by atoms with Crippen LogP contribution in [0.1, 0.15) is 13.8 Å². The van der Waals surface area contributed by atoms with Crippen LogP contribution >= 0.6 is 0 Å². The highest BCUT2D eigenvalue weighted by Crippen LogP contribution is 2.34. The molecule has 0 unspecified atom stereocenters. The minimum absolute atomic E-state index is 0.0868. The van der Waals surface area contributed by atoms with Crippen LogP contribution in [-0.2, 0) is 4.74 Å².